The first-order valence-electron chi connectivity index (χ1n) is 8.04. The molecule has 3 aromatic rings. The van der Waals surface area contributed by atoms with E-state index in [4.69, 9.17) is 0 Å². The average molecular weight is 308 g/mol. The van der Waals surface area contributed by atoms with Gasteiger partial charge in [0.1, 0.15) is 5.82 Å². The molecule has 0 radical (unpaired) electrons. The lowest BCUT2D eigenvalue weighted by atomic mass is 10.1. The molecule has 0 atom stereocenters. The Kier molecular flexibility index (Phi) is 3.81. The van der Waals surface area contributed by atoms with Crippen molar-refractivity contribution in [2.45, 2.75) is 18.9 Å². The van der Waals surface area contributed by atoms with Crippen LogP contribution in [0.4, 0.5) is 17.5 Å². The van der Waals surface area contributed by atoms with Crippen molar-refractivity contribution in [3.05, 3.63) is 48.5 Å². The Morgan fingerprint density at radius 3 is 2.65 bits per heavy atom. The van der Waals surface area contributed by atoms with Crippen LogP contribution in [-0.4, -0.2) is 33.7 Å². The molecule has 0 bridgehead atoms. The maximum absolute atomic E-state index is 4.59. The number of hydrogen-bond donors (Lipinski definition) is 3. The van der Waals surface area contributed by atoms with Crippen molar-refractivity contribution in [2.75, 3.05) is 23.7 Å². The van der Waals surface area contributed by atoms with Crippen molar-refractivity contribution < 1.29 is 0 Å². The van der Waals surface area contributed by atoms with Crippen LogP contribution in [-0.2, 0) is 0 Å². The topological polar surface area (TPSA) is 66.3 Å². The highest BCUT2D eigenvalue weighted by Gasteiger charge is 2.15. The number of nitrogens with one attached hydrogen (secondary N) is 3. The van der Waals surface area contributed by atoms with Crippen molar-refractivity contribution in [2.24, 2.45) is 0 Å². The number of piperidine rings is 1. The van der Waals surface area contributed by atoms with E-state index in [2.05, 4.69) is 32.1 Å². The smallest absolute Gasteiger partial charge is 0.247 e. The number of hydrogen-bond acceptors (Lipinski definition) is 5. The number of aromatic nitrogens is 3. The minimum atomic E-state index is 0.483. The normalized spacial score (nSPS) is 15.7. The number of pyridine rings is 1. The highest BCUT2D eigenvalue weighted by atomic mass is 15.4. The number of para-hydroxylation sites is 1. The van der Waals surface area contributed by atoms with Crippen molar-refractivity contribution in [1.82, 2.24) is 19.9 Å². The van der Waals surface area contributed by atoms with Gasteiger partial charge in [-0.05, 0) is 50.2 Å². The zero-order chi connectivity index (χ0) is 15.5. The van der Waals surface area contributed by atoms with E-state index in [0.717, 1.165) is 43.1 Å². The molecule has 0 saturated carbocycles. The molecule has 1 aromatic carbocycles. The van der Waals surface area contributed by atoms with Gasteiger partial charge in [0.05, 0.1) is 0 Å². The fraction of sp³-hybridized carbons (Fsp3) is 0.294. The summed E-state index contributed by atoms with van der Waals surface area (Å²) in [4.78, 5) is 4.55. The Balaban J connectivity index is 1.59. The van der Waals surface area contributed by atoms with Crippen molar-refractivity contribution in [1.29, 1.82) is 0 Å². The third kappa shape index (κ3) is 3.12. The molecule has 6 nitrogen and oxygen atoms in total. The first-order chi connectivity index (χ1) is 11.4. The van der Waals surface area contributed by atoms with Gasteiger partial charge >= 0.3 is 0 Å². The van der Waals surface area contributed by atoms with Gasteiger partial charge in [0.25, 0.3) is 0 Å². The maximum Gasteiger partial charge on any atom is 0.247 e. The Morgan fingerprint density at radius 1 is 1.00 bits per heavy atom. The Labute approximate surface area is 134 Å². The highest BCUT2D eigenvalue weighted by Crippen LogP contribution is 2.18. The van der Waals surface area contributed by atoms with E-state index in [0.29, 0.717) is 12.0 Å². The van der Waals surface area contributed by atoms with Gasteiger partial charge in [0.2, 0.25) is 5.95 Å². The summed E-state index contributed by atoms with van der Waals surface area (Å²) in [6, 6.07) is 16.5. The summed E-state index contributed by atoms with van der Waals surface area (Å²) in [7, 11) is 0. The SMILES string of the molecule is c1ccc(Nc2nc3cccc(NC4CCNCC4)n3n2)cc1. The Bertz CT molecular complexity index is 776. The summed E-state index contributed by atoms with van der Waals surface area (Å²) < 4.78 is 1.87. The lowest BCUT2D eigenvalue weighted by Gasteiger charge is -2.24. The average Bonchev–Trinajstić information content (AvgIpc) is 3.00. The molecule has 2 aromatic heterocycles. The van der Waals surface area contributed by atoms with Gasteiger partial charge in [0.15, 0.2) is 5.65 Å². The number of anilines is 3. The second-order valence-corrected chi connectivity index (χ2v) is 5.78. The fourth-order valence-electron chi connectivity index (χ4n) is 2.89. The molecule has 1 saturated heterocycles. The van der Waals surface area contributed by atoms with E-state index in [1.54, 1.807) is 0 Å². The van der Waals surface area contributed by atoms with Gasteiger partial charge < -0.3 is 16.0 Å². The van der Waals surface area contributed by atoms with Crippen molar-refractivity contribution in [3.63, 3.8) is 0 Å². The molecule has 1 aliphatic heterocycles. The molecule has 1 fully saturated rings. The molecular formula is C17H20N6. The van der Waals surface area contributed by atoms with E-state index in [1.807, 2.05) is 47.0 Å². The molecule has 3 N–H and O–H groups in total. The minimum absolute atomic E-state index is 0.483. The van der Waals surface area contributed by atoms with Crippen LogP contribution in [0, 0.1) is 0 Å². The molecule has 0 spiro atoms. The molecule has 0 aliphatic carbocycles. The standard InChI is InChI=1S/C17H20N6/c1-2-5-13(6-3-1)20-17-21-16-8-4-7-15(23(16)22-17)19-14-9-11-18-12-10-14/h1-8,14,18-19H,9-12H2,(H,20,22). The third-order valence-electron chi connectivity index (χ3n) is 4.08. The maximum atomic E-state index is 4.59. The summed E-state index contributed by atoms with van der Waals surface area (Å²) in [6.45, 7) is 2.12. The lowest BCUT2D eigenvalue weighted by Crippen LogP contribution is -2.35. The summed E-state index contributed by atoms with van der Waals surface area (Å²) in [6.07, 6.45) is 2.25. The van der Waals surface area contributed by atoms with Gasteiger partial charge in [0, 0.05) is 11.7 Å². The Hall–Kier alpha value is -2.60. The van der Waals surface area contributed by atoms with E-state index in [9.17, 15) is 0 Å². The number of fused-ring (bicyclic) bond motifs is 1. The first kappa shape index (κ1) is 14.0. The summed E-state index contributed by atoms with van der Waals surface area (Å²) in [5.41, 5.74) is 1.82. The van der Waals surface area contributed by atoms with Crippen LogP contribution in [0.2, 0.25) is 0 Å². The van der Waals surface area contributed by atoms with E-state index in [-0.39, 0.29) is 0 Å². The monoisotopic (exact) mass is 308 g/mol. The molecule has 0 unspecified atom stereocenters. The van der Waals surface area contributed by atoms with Gasteiger partial charge in [-0.15, -0.1) is 5.10 Å². The van der Waals surface area contributed by atoms with Gasteiger partial charge in [-0.3, -0.25) is 0 Å². The van der Waals surface area contributed by atoms with Gasteiger partial charge in [-0.2, -0.15) is 9.50 Å². The van der Waals surface area contributed by atoms with Gasteiger partial charge in [-0.1, -0.05) is 24.3 Å². The van der Waals surface area contributed by atoms with Crippen LogP contribution >= 0.6 is 0 Å². The molecule has 0 amide bonds. The molecule has 1 aliphatic rings. The van der Waals surface area contributed by atoms with Crippen LogP contribution in [0.25, 0.3) is 5.65 Å². The molecule has 6 heteroatoms. The molecule has 3 heterocycles. The molecule has 4 rings (SSSR count). The summed E-state index contributed by atoms with van der Waals surface area (Å²) >= 11 is 0. The second kappa shape index (κ2) is 6.26. The van der Waals surface area contributed by atoms with Gasteiger partial charge in [-0.25, -0.2) is 0 Å². The van der Waals surface area contributed by atoms with Crippen LogP contribution in [0.3, 0.4) is 0 Å². The summed E-state index contributed by atoms with van der Waals surface area (Å²) in [5, 5.41) is 14.8. The molecular weight excluding hydrogens is 288 g/mol. The lowest BCUT2D eigenvalue weighted by molar-refractivity contribution is 0.477. The predicted octanol–water partition coefficient (Wildman–Crippen LogP) is 2.64. The van der Waals surface area contributed by atoms with Crippen LogP contribution in [0.15, 0.2) is 48.5 Å². The third-order valence-corrected chi connectivity index (χ3v) is 4.08. The fourth-order valence-corrected chi connectivity index (χ4v) is 2.89. The number of rotatable bonds is 4. The van der Waals surface area contributed by atoms with E-state index in [1.165, 1.54) is 0 Å². The van der Waals surface area contributed by atoms with Crippen molar-refractivity contribution in [3.8, 4) is 0 Å². The largest absolute Gasteiger partial charge is 0.367 e. The number of nitrogens with zero attached hydrogens (tertiary/aromatic N) is 3. The highest BCUT2D eigenvalue weighted by molar-refractivity contribution is 5.57. The minimum Gasteiger partial charge on any atom is -0.367 e. The van der Waals surface area contributed by atoms with Crippen LogP contribution in [0.1, 0.15) is 12.8 Å². The zero-order valence-corrected chi connectivity index (χ0v) is 12.9. The van der Waals surface area contributed by atoms with E-state index < -0.39 is 0 Å². The second-order valence-electron chi connectivity index (χ2n) is 5.78. The molecule has 118 valence electrons. The number of benzene rings is 1. The van der Waals surface area contributed by atoms with Crippen LogP contribution in [0.5, 0.6) is 0 Å². The quantitative estimate of drug-likeness (QED) is 0.691. The summed E-state index contributed by atoms with van der Waals surface area (Å²) in [5.74, 6) is 1.60. The van der Waals surface area contributed by atoms with E-state index >= 15 is 0 Å². The molecule has 23 heavy (non-hydrogen) atoms. The Morgan fingerprint density at radius 2 is 1.83 bits per heavy atom. The zero-order valence-electron chi connectivity index (χ0n) is 12.9. The van der Waals surface area contributed by atoms with Crippen LogP contribution < -0.4 is 16.0 Å². The first-order valence-corrected chi connectivity index (χ1v) is 8.04. The van der Waals surface area contributed by atoms with Crippen molar-refractivity contribution >= 4 is 23.1 Å². The predicted molar refractivity (Wildman–Crippen MR) is 92.2 cm³/mol.